The van der Waals surface area contributed by atoms with Crippen molar-refractivity contribution in [1.82, 2.24) is 5.32 Å². The van der Waals surface area contributed by atoms with Gasteiger partial charge in [-0.1, -0.05) is 12.1 Å². The second kappa shape index (κ2) is 6.30. The highest BCUT2D eigenvalue weighted by atomic mass is 16.6. The molecule has 8 heteroatoms. The van der Waals surface area contributed by atoms with E-state index in [1.807, 2.05) is 0 Å². The minimum Gasteiger partial charge on any atom is -0.480 e. The zero-order valence-electron chi connectivity index (χ0n) is 9.25. The maximum Gasteiger partial charge on any atom is 0.317 e. The molecule has 1 aromatic carbocycles. The number of rotatable bonds is 6. The number of nitrogens with zero attached hydrogens (tertiary/aromatic N) is 1. The quantitative estimate of drug-likeness (QED) is 0.492. The van der Waals surface area contributed by atoms with E-state index in [1.54, 1.807) is 6.07 Å². The summed E-state index contributed by atoms with van der Waals surface area (Å²) in [6.45, 7) is -0.595. The smallest absolute Gasteiger partial charge is 0.317 e. The van der Waals surface area contributed by atoms with Crippen molar-refractivity contribution < 1.29 is 19.6 Å². The molecular weight excluding hydrogens is 242 g/mol. The summed E-state index contributed by atoms with van der Waals surface area (Å²) < 4.78 is 0. The van der Waals surface area contributed by atoms with Crippen LogP contribution in [0.5, 0.6) is 0 Å². The number of carboxylic acids is 1. The third-order valence-corrected chi connectivity index (χ3v) is 1.94. The number of nitro benzene ring substituents is 1. The van der Waals surface area contributed by atoms with Gasteiger partial charge in [-0.2, -0.15) is 0 Å². The number of amides is 1. The normalized spacial score (nSPS) is 9.78. The molecule has 0 heterocycles. The second-order valence-electron chi connectivity index (χ2n) is 3.32. The van der Waals surface area contributed by atoms with Gasteiger partial charge in [-0.05, 0) is 6.07 Å². The fourth-order valence-corrected chi connectivity index (χ4v) is 1.22. The molecule has 1 rings (SSSR count). The van der Waals surface area contributed by atoms with E-state index in [0.29, 0.717) is 0 Å². The van der Waals surface area contributed by atoms with Gasteiger partial charge in [-0.25, -0.2) is 0 Å². The zero-order chi connectivity index (χ0) is 13.5. The third-order valence-electron chi connectivity index (χ3n) is 1.94. The van der Waals surface area contributed by atoms with E-state index >= 15 is 0 Å². The van der Waals surface area contributed by atoms with Gasteiger partial charge in [0.05, 0.1) is 18.0 Å². The highest BCUT2D eigenvalue weighted by Gasteiger charge is 2.14. The monoisotopic (exact) mass is 253 g/mol. The largest absolute Gasteiger partial charge is 0.480 e. The first-order valence-electron chi connectivity index (χ1n) is 4.96. The number of carbonyl (C=O) groups is 2. The van der Waals surface area contributed by atoms with Crippen molar-refractivity contribution in [2.45, 2.75) is 0 Å². The van der Waals surface area contributed by atoms with Gasteiger partial charge in [0.1, 0.15) is 5.69 Å². The van der Waals surface area contributed by atoms with Crippen LogP contribution in [0.4, 0.5) is 11.4 Å². The molecule has 0 fully saturated rings. The number of carboxylic acid groups (broad SMARTS) is 1. The summed E-state index contributed by atoms with van der Waals surface area (Å²) in [6.07, 6.45) is 0. The number of para-hydroxylation sites is 2. The summed E-state index contributed by atoms with van der Waals surface area (Å²) in [6, 6.07) is 5.69. The van der Waals surface area contributed by atoms with E-state index in [4.69, 9.17) is 5.11 Å². The van der Waals surface area contributed by atoms with Crippen molar-refractivity contribution in [2.24, 2.45) is 0 Å². The predicted molar refractivity (Wildman–Crippen MR) is 62.2 cm³/mol. The lowest BCUT2D eigenvalue weighted by Gasteiger charge is -2.05. The van der Waals surface area contributed by atoms with Gasteiger partial charge in [0.25, 0.3) is 5.69 Å². The topological polar surface area (TPSA) is 122 Å². The molecule has 96 valence electrons. The van der Waals surface area contributed by atoms with Crippen LogP contribution in [-0.2, 0) is 9.59 Å². The van der Waals surface area contributed by atoms with Gasteiger partial charge in [0.2, 0.25) is 5.91 Å². The number of aliphatic carboxylic acids is 1. The first-order chi connectivity index (χ1) is 8.50. The number of nitro groups is 1. The van der Waals surface area contributed by atoms with Crippen LogP contribution in [0.1, 0.15) is 0 Å². The molecule has 0 aliphatic heterocycles. The molecule has 3 N–H and O–H groups in total. The summed E-state index contributed by atoms with van der Waals surface area (Å²) in [4.78, 5) is 31.6. The Kier molecular flexibility index (Phi) is 4.76. The minimum absolute atomic E-state index is 0.0737. The molecule has 0 unspecified atom stereocenters. The van der Waals surface area contributed by atoms with Gasteiger partial charge in [-0.15, -0.1) is 0 Å². The zero-order valence-corrected chi connectivity index (χ0v) is 9.25. The summed E-state index contributed by atoms with van der Waals surface area (Å²) >= 11 is 0. The summed E-state index contributed by atoms with van der Waals surface area (Å²) in [5.74, 6) is -1.64. The van der Waals surface area contributed by atoms with Crippen LogP contribution in [0.3, 0.4) is 0 Å². The molecule has 0 spiro atoms. The van der Waals surface area contributed by atoms with Gasteiger partial charge in [0, 0.05) is 6.07 Å². The van der Waals surface area contributed by atoms with Crippen molar-refractivity contribution in [3.8, 4) is 0 Å². The average molecular weight is 253 g/mol. The van der Waals surface area contributed by atoms with Crippen molar-refractivity contribution in [3.63, 3.8) is 0 Å². The number of carbonyl (C=O) groups excluding carboxylic acids is 1. The first kappa shape index (κ1) is 13.6. The van der Waals surface area contributed by atoms with E-state index in [-0.39, 0.29) is 24.5 Å². The number of anilines is 1. The maximum absolute atomic E-state index is 11.4. The van der Waals surface area contributed by atoms with Crippen molar-refractivity contribution >= 4 is 23.3 Å². The maximum atomic E-state index is 11.4. The van der Waals surface area contributed by atoms with Gasteiger partial charge >= 0.3 is 5.97 Å². The number of hydrogen-bond acceptors (Lipinski definition) is 5. The average Bonchev–Trinajstić information content (AvgIpc) is 2.28. The Morgan fingerprint density at radius 3 is 2.56 bits per heavy atom. The van der Waals surface area contributed by atoms with Crippen LogP contribution in [0, 0.1) is 10.1 Å². The molecule has 0 saturated heterocycles. The Morgan fingerprint density at radius 1 is 1.28 bits per heavy atom. The molecule has 0 atom stereocenters. The molecule has 1 aromatic rings. The summed E-state index contributed by atoms with van der Waals surface area (Å²) in [5, 5.41) is 23.7. The summed E-state index contributed by atoms with van der Waals surface area (Å²) in [5.41, 5.74) is -0.145. The molecule has 0 radical (unpaired) electrons. The van der Waals surface area contributed by atoms with Gasteiger partial charge in [0.15, 0.2) is 0 Å². The molecule has 0 saturated carbocycles. The minimum atomic E-state index is -1.09. The molecule has 18 heavy (non-hydrogen) atoms. The van der Waals surface area contributed by atoms with Crippen LogP contribution in [0.15, 0.2) is 24.3 Å². The fraction of sp³-hybridized carbons (Fsp3) is 0.200. The number of benzene rings is 1. The van der Waals surface area contributed by atoms with Crippen LogP contribution in [0.25, 0.3) is 0 Å². The first-order valence-corrected chi connectivity index (χ1v) is 4.96. The molecule has 8 nitrogen and oxygen atoms in total. The highest BCUT2D eigenvalue weighted by Crippen LogP contribution is 2.22. The van der Waals surface area contributed by atoms with Crippen LogP contribution in [0.2, 0.25) is 0 Å². The fourth-order valence-electron chi connectivity index (χ4n) is 1.22. The Labute approximate surface area is 102 Å². The molecule has 0 bridgehead atoms. The van der Waals surface area contributed by atoms with Crippen LogP contribution < -0.4 is 10.6 Å². The van der Waals surface area contributed by atoms with Crippen molar-refractivity contribution in [3.05, 3.63) is 34.4 Å². The van der Waals surface area contributed by atoms with Gasteiger partial charge < -0.3 is 10.4 Å². The van der Waals surface area contributed by atoms with Gasteiger partial charge in [-0.3, -0.25) is 25.0 Å². The number of hydrogen-bond donors (Lipinski definition) is 3. The van der Waals surface area contributed by atoms with Crippen molar-refractivity contribution in [2.75, 3.05) is 18.4 Å². The standard InChI is InChI=1S/C10H11N3O5/c14-9(5-11-6-10(15)16)12-7-3-1-2-4-8(7)13(17)18/h1-4,11H,5-6H2,(H,12,14)(H,15,16). The van der Waals surface area contributed by atoms with Crippen LogP contribution >= 0.6 is 0 Å². The van der Waals surface area contributed by atoms with E-state index in [0.717, 1.165) is 0 Å². The molecule has 0 aliphatic rings. The SMILES string of the molecule is O=C(O)CNCC(=O)Nc1ccccc1[N+](=O)[O-]. The van der Waals surface area contributed by atoms with E-state index in [9.17, 15) is 19.7 Å². The predicted octanol–water partition coefficient (Wildman–Crippen LogP) is 0.208. The van der Waals surface area contributed by atoms with E-state index in [1.165, 1.54) is 18.2 Å². The van der Waals surface area contributed by atoms with E-state index in [2.05, 4.69) is 10.6 Å². The molecule has 0 aliphatic carbocycles. The molecule has 0 aromatic heterocycles. The third kappa shape index (κ3) is 4.18. The lowest BCUT2D eigenvalue weighted by Crippen LogP contribution is -2.31. The van der Waals surface area contributed by atoms with Crippen molar-refractivity contribution in [1.29, 1.82) is 0 Å². The Morgan fingerprint density at radius 2 is 1.94 bits per heavy atom. The lowest BCUT2D eigenvalue weighted by atomic mass is 10.2. The second-order valence-corrected chi connectivity index (χ2v) is 3.32. The summed E-state index contributed by atoms with van der Waals surface area (Å²) in [7, 11) is 0. The Balaban J connectivity index is 2.59. The highest BCUT2D eigenvalue weighted by molar-refractivity contribution is 5.94. The lowest BCUT2D eigenvalue weighted by molar-refractivity contribution is -0.383. The Hall–Kier alpha value is -2.48. The van der Waals surface area contributed by atoms with Crippen LogP contribution in [-0.4, -0.2) is 35.0 Å². The number of nitrogens with one attached hydrogen (secondary N) is 2. The van der Waals surface area contributed by atoms with E-state index < -0.39 is 16.8 Å². The molecular formula is C10H11N3O5. The molecule has 1 amide bonds. The Bertz CT molecular complexity index is 474.